The van der Waals surface area contributed by atoms with E-state index in [1.165, 1.54) is 31.2 Å². The maximum atomic E-state index is 6.23. The standard InChI is InChI=1S/C17H23Cl2N/c1-15(2,3)20-11-17(9-16(10-17)6-7-16)12-4-5-13(18)14(19)8-12/h4-5,8,20H,6-7,9-11H2,1-3H3. The second-order valence-electron chi connectivity index (χ2n) is 7.87. The van der Waals surface area contributed by atoms with Gasteiger partial charge in [-0.05, 0) is 69.6 Å². The highest BCUT2D eigenvalue weighted by Gasteiger charge is 2.61. The van der Waals surface area contributed by atoms with Crippen LogP contribution in [0, 0.1) is 5.41 Å². The van der Waals surface area contributed by atoms with Gasteiger partial charge in [0.05, 0.1) is 10.0 Å². The molecule has 1 spiro atoms. The van der Waals surface area contributed by atoms with Crippen LogP contribution in [0.2, 0.25) is 10.0 Å². The van der Waals surface area contributed by atoms with E-state index in [4.69, 9.17) is 23.2 Å². The topological polar surface area (TPSA) is 12.0 Å². The molecular formula is C17H23Cl2N. The molecule has 0 saturated heterocycles. The van der Waals surface area contributed by atoms with Crippen molar-refractivity contribution in [1.29, 1.82) is 0 Å². The monoisotopic (exact) mass is 311 g/mol. The van der Waals surface area contributed by atoms with E-state index in [-0.39, 0.29) is 11.0 Å². The summed E-state index contributed by atoms with van der Waals surface area (Å²) >= 11 is 12.3. The van der Waals surface area contributed by atoms with E-state index in [2.05, 4.69) is 38.2 Å². The van der Waals surface area contributed by atoms with Gasteiger partial charge in [-0.2, -0.15) is 0 Å². The van der Waals surface area contributed by atoms with E-state index in [1.54, 1.807) is 0 Å². The van der Waals surface area contributed by atoms with Crippen LogP contribution in [0.4, 0.5) is 0 Å². The molecule has 0 radical (unpaired) electrons. The van der Waals surface area contributed by atoms with Gasteiger partial charge in [0.1, 0.15) is 0 Å². The smallest absolute Gasteiger partial charge is 0.0595 e. The quantitative estimate of drug-likeness (QED) is 0.809. The molecule has 1 aromatic rings. The lowest BCUT2D eigenvalue weighted by atomic mass is 9.56. The summed E-state index contributed by atoms with van der Waals surface area (Å²) in [6, 6.07) is 6.17. The van der Waals surface area contributed by atoms with Crippen LogP contribution in [0.25, 0.3) is 0 Å². The van der Waals surface area contributed by atoms with E-state index < -0.39 is 0 Å². The highest BCUT2D eigenvalue weighted by atomic mass is 35.5. The summed E-state index contributed by atoms with van der Waals surface area (Å²) in [5.41, 5.74) is 2.40. The fourth-order valence-electron chi connectivity index (χ4n) is 3.61. The molecule has 110 valence electrons. The second kappa shape index (κ2) is 4.63. The Morgan fingerprint density at radius 3 is 2.25 bits per heavy atom. The molecular weight excluding hydrogens is 289 g/mol. The van der Waals surface area contributed by atoms with Crippen molar-refractivity contribution in [3.63, 3.8) is 0 Å². The van der Waals surface area contributed by atoms with Gasteiger partial charge in [-0.3, -0.25) is 0 Å². The second-order valence-corrected chi connectivity index (χ2v) is 8.68. The fourth-order valence-corrected chi connectivity index (χ4v) is 3.90. The van der Waals surface area contributed by atoms with Gasteiger partial charge in [-0.15, -0.1) is 0 Å². The lowest BCUT2D eigenvalue weighted by Gasteiger charge is -2.50. The van der Waals surface area contributed by atoms with Crippen LogP contribution >= 0.6 is 23.2 Å². The Kier molecular flexibility index (Phi) is 3.40. The van der Waals surface area contributed by atoms with Crippen molar-refractivity contribution in [1.82, 2.24) is 5.32 Å². The molecule has 0 amide bonds. The van der Waals surface area contributed by atoms with Gasteiger partial charge in [0, 0.05) is 17.5 Å². The minimum atomic E-state index is 0.148. The van der Waals surface area contributed by atoms with E-state index in [9.17, 15) is 0 Å². The van der Waals surface area contributed by atoms with Crippen molar-refractivity contribution in [2.45, 2.75) is 57.4 Å². The number of hydrogen-bond donors (Lipinski definition) is 1. The molecule has 2 aliphatic rings. The van der Waals surface area contributed by atoms with Gasteiger partial charge in [0.15, 0.2) is 0 Å². The molecule has 0 aromatic heterocycles. The number of halogens is 2. The first kappa shape index (κ1) is 14.7. The third-order valence-corrected chi connectivity index (χ3v) is 5.61. The molecule has 2 aliphatic carbocycles. The number of hydrogen-bond acceptors (Lipinski definition) is 1. The third kappa shape index (κ3) is 2.73. The first-order chi connectivity index (χ1) is 9.24. The van der Waals surface area contributed by atoms with Crippen molar-refractivity contribution in [3.8, 4) is 0 Å². The predicted molar refractivity (Wildman–Crippen MR) is 86.8 cm³/mol. The molecule has 3 heteroatoms. The highest BCUT2D eigenvalue weighted by molar-refractivity contribution is 6.42. The zero-order valence-electron chi connectivity index (χ0n) is 12.5. The molecule has 2 saturated carbocycles. The summed E-state index contributed by atoms with van der Waals surface area (Å²) in [4.78, 5) is 0. The van der Waals surface area contributed by atoms with E-state index in [1.807, 2.05) is 6.07 Å². The molecule has 0 atom stereocenters. The SMILES string of the molecule is CC(C)(C)NCC1(c2ccc(Cl)c(Cl)c2)CC2(CC2)C1. The van der Waals surface area contributed by atoms with Gasteiger partial charge >= 0.3 is 0 Å². The van der Waals surface area contributed by atoms with Crippen LogP contribution in [0.15, 0.2) is 18.2 Å². The largest absolute Gasteiger partial charge is 0.311 e. The van der Waals surface area contributed by atoms with Crippen LogP contribution in [0.5, 0.6) is 0 Å². The summed E-state index contributed by atoms with van der Waals surface area (Å²) in [6.45, 7) is 7.69. The number of rotatable bonds is 3. The Balaban J connectivity index is 1.84. The van der Waals surface area contributed by atoms with Crippen molar-refractivity contribution in [2.75, 3.05) is 6.54 Å². The van der Waals surface area contributed by atoms with Crippen LogP contribution < -0.4 is 5.32 Å². The lowest BCUT2D eigenvalue weighted by molar-refractivity contribution is 0.108. The van der Waals surface area contributed by atoms with Crippen LogP contribution in [-0.4, -0.2) is 12.1 Å². The molecule has 1 aromatic carbocycles. The minimum absolute atomic E-state index is 0.148. The average molecular weight is 312 g/mol. The molecule has 3 rings (SSSR count). The van der Waals surface area contributed by atoms with Crippen molar-refractivity contribution in [2.24, 2.45) is 5.41 Å². The van der Waals surface area contributed by atoms with Crippen molar-refractivity contribution >= 4 is 23.2 Å². The Hall–Kier alpha value is -0.240. The summed E-state index contributed by atoms with van der Waals surface area (Å²) < 4.78 is 0. The van der Waals surface area contributed by atoms with Crippen molar-refractivity contribution in [3.05, 3.63) is 33.8 Å². The summed E-state index contributed by atoms with van der Waals surface area (Å²) in [6.07, 6.45) is 5.40. The maximum absolute atomic E-state index is 6.23. The molecule has 2 fully saturated rings. The summed E-state index contributed by atoms with van der Waals surface area (Å²) in [5, 5.41) is 5.01. The Labute approximate surface area is 132 Å². The Morgan fingerprint density at radius 1 is 1.10 bits per heavy atom. The highest BCUT2D eigenvalue weighted by Crippen LogP contribution is 2.68. The predicted octanol–water partition coefficient (Wildman–Crippen LogP) is 5.19. The zero-order chi connectivity index (χ0) is 14.6. The van der Waals surface area contributed by atoms with Gasteiger partial charge in [0.25, 0.3) is 0 Å². The van der Waals surface area contributed by atoms with Crippen LogP contribution in [0.1, 0.15) is 52.0 Å². The molecule has 0 unspecified atom stereocenters. The lowest BCUT2D eigenvalue weighted by Crippen LogP contribution is -2.53. The first-order valence-corrected chi connectivity index (χ1v) is 8.20. The van der Waals surface area contributed by atoms with Crippen LogP contribution in [-0.2, 0) is 5.41 Å². The van der Waals surface area contributed by atoms with Gasteiger partial charge in [0.2, 0.25) is 0 Å². The van der Waals surface area contributed by atoms with Crippen LogP contribution in [0.3, 0.4) is 0 Å². The average Bonchev–Trinajstić information content (AvgIpc) is 3.07. The molecule has 0 bridgehead atoms. The minimum Gasteiger partial charge on any atom is -0.311 e. The Morgan fingerprint density at radius 2 is 1.75 bits per heavy atom. The zero-order valence-corrected chi connectivity index (χ0v) is 14.0. The Bertz CT molecular complexity index is 518. The van der Waals surface area contributed by atoms with Crippen molar-refractivity contribution < 1.29 is 0 Å². The molecule has 20 heavy (non-hydrogen) atoms. The van der Waals surface area contributed by atoms with E-state index in [0.29, 0.717) is 15.5 Å². The normalized spacial score (nSPS) is 22.6. The van der Waals surface area contributed by atoms with E-state index in [0.717, 1.165) is 6.54 Å². The van der Waals surface area contributed by atoms with E-state index >= 15 is 0 Å². The van der Waals surface area contributed by atoms with Gasteiger partial charge in [-0.25, -0.2) is 0 Å². The molecule has 0 heterocycles. The van der Waals surface area contributed by atoms with Gasteiger partial charge in [-0.1, -0.05) is 29.3 Å². The third-order valence-electron chi connectivity index (χ3n) is 4.87. The molecule has 1 N–H and O–H groups in total. The molecule has 0 aliphatic heterocycles. The number of nitrogens with one attached hydrogen (secondary N) is 1. The first-order valence-electron chi connectivity index (χ1n) is 7.44. The van der Waals surface area contributed by atoms with Gasteiger partial charge < -0.3 is 5.32 Å². The number of benzene rings is 1. The maximum Gasteiger partial charge on any atom is 0.0595 e. The summed E-state index contributed by atoms with van der Waals surface area (Å²) in [5.74, 6) is 0. The molecule has 1 nitrogen and oxygen atoms in total. The fraction of sp³-hybridized carbons (Fsp3) is 0.647. The summed E-state index contributed by atoms with van der Waals surface area (Å²) in [7, 11) is 0.